The van der Waals surface area contributed by atoms with Gasteiger partial charge in [0.1, 0.15) is 11.6 Å². The van der Waals surface area contributed by atoms with Crippen molar-refractivity contribution in [1.82, 2.24) is 15.0 Å². The number of aromatic nitrogens is 3. The van der Waals surface area contributed by atoms with Crippen molar-refractivity contribution >= 4 is 0 Å². The highest BCUT2D eigenvalue weighted by Crippen LogP contribution is 2.57. The van der Waals surface area contributed by atoms with Crippen LogP contribution in [0.3, 0.4) is 0 Å². The summed E-state index contributed by atoms with van der Waals surface area (Å²) in [5, 5.41) is 9.62. The van der Waals surface area contributed by atoms with Crippen LogP contribution in [0.1, 0.15) is 39.5 Å². The first-order valence-electron chi connectivity index (χ1n) is 15.8. The molecule has 4 heteroatoms. The van der Waals surface area contributed by atoms with Crippen molar-refractivity contribution in [2.24, 2.45) is 0 Å². The molecule has 0 bridgehead atoms. The van der Waals surface area contributed by atoms with Gasteiger partial charge < -0.3 is 0 Å². The first kappa shape index (κ1) is 28.3. The van der Waals surface area contributed by atoms with Gasteiger partial charge in [-0.15, -0.1) is 0 Å². The Bertz CT molecular complexity index is 2260. The highest BCUT2D eigenvalue weighted by atomic mass is 15.0. The first-order chi connectivity index (χ1) is 23.0. The van der Waals surface area contributed by atoms with E-state index in [1.807, 2.05) is 32.0 Å². The summed E-state index contributed by atoms with van der Waals surface area (Å²) in [5.74, 6) is 2.12. The topological polar surface area (TPSA) is 62.5 Å². The van der Waals surface area contributed by atoms with Crippen molar-refractivity contribution in [2.75, 3.05) is 0 Å². The number of nitriles is 1. The average Bonchev–Trinajstić information content (AvgIpc) is 3.42. The molecular weight excluding hydrogens is 573 g/mol. The fourth-order valence-corrected chi connectivity index (χ4v) is 7.17. The Morgan fingerprint density at radius 2 is 0.957 bits per heavy atom. The normalized spacial score (nSPS) is 12.6. The number of hydrogen-bond donors (Lipinski definition) is 0. The zero-order chi connectivity index (χ0) is 32.0. The molecule has 1 aliphatic rings. The molecule has 0 unspecified atom stereocenters. The second-order valence-corrected chi connectivity index (χ2v) is 12.0. The zero-order valence-electron chi connectivity index (χ0n) is 26.1. The van der Waals surface area contributed by atoms with Crippen molar-refractivity contribution in [1.29, 1.82) is 5.26 Å². The predicted octanol–water partition coefficient (Wildman–Crippen LogP) is 9.72. The van der Waals surface area contributed by atoms with Crippen LogP contribution in [0.2, 0.25) is 0 Å². The lowest BCUT2D eigenvalue weighted by atomic mass is 9.67. The molecule has 0 atom stereocenters. The van der Waals surface area contributed by atoms with Gasteiger partial charge in [-0.05, 0) is 93.7 Å². The number of hydrogen-bond acceptors (Lipinski definition) is 4. The quantitative estimate of drug-likeness (QED) is 0.197. The predicted molar refractivity (Wildman–Crippen MR) is 188 cm³/mol. The molecule has 8 rings (SSSR count). The molecule has 7 aromatic rings. The summed E-state index contributed by atoms with van der Waals surface area (Å²) in [6, 6.07) is 54.0. The standard InChI is InChI=1S/C43H30N4/c1-28-45-29(2)47-42(46-28)32-18-16-31(17-19-32)34-20-22-38-39-23-21-35(33-11-9-10-30(24-33)27-44)26-41(39)43(40(38)25-34,36-12-5-3-6-13-36)37-14-7-4-8-15-37/h3-26H,1-2H3. The highest BCUT2D eigenvalue weighted by molar-refractivity contribution is 5.90. The van der Waals surface area contributed by atoms with Gasteiger partial charge in [-0.3, -0.25) is 0 Å². The Hall–Kier alpha value is -6.18. The Balaban J connectivity index is 1.34. The minimum absolute atomic E-state index is 0.550. The maximum absolute atomic E-state index is 9.62. The molecule has 0 saturated heterocycles. The van der Waals surface area contributed by atoms with E-state index in [1.165, 1.54) is 33.4 Å². The fraction of sp³-hybridized carbons (Fsp3) is 0.0698. The van der Waals surface area contributed by atoms with E-state index in [2.05, 4.69) is 148 Å². The molecule has 6 aromatic carbocycles. The summed E-state index contributed by atoms with van der Waals surface area (Å²) in [6.07, 6.45) is 0. The molecule has 0 amide bonds. The number of rotatable bonds is 5. The van der Waals surface area contributed by atoms with Crippen molar-refractivity contribution in [2.45, 2.75) is 19.3 Å². The van der Waals surface area contributed by atoms with E-state index >= 15 is 0 Å². The van der Waals surface area contributed by atoms with E-state index in [1.54, 1.807) is 0 Å². The largest absolute Gasteiger partial charge is 0.219 e. The van der Waals surface area contributed by atoms with Crippen molar-refractivity contribution < 1.29 is 0 Å². The number of benzene rings is 6. The second-order valence-electron chi connectivity index (χ2n) is 12.0. The molecule has 1 heterocycles. The van der Waals surface area contributed by atoms with E-state index < -0.39 is 5.41 Å². The summed E-state index contributed by atoms with van der Waals surface area (Å²) >= 11 is 0. The minimum Gasteiger partial charge on any atom is -0.219 e. The molecule has 0 fully saturated rings. The van der Waals surface area contributed by atoms with Crippen LogP contribution in [0.5, 0.6) is 0 Å². The highest BCUT2D eigenvalue weighted by Gasteiger charge is 2.46. The molecule has 47 heavy (non-hydrogen) atoms. The molecular formula is C43H30N4. The van der Waals surface area contributed by atoms with Crippen LogP contribution < -0.4 is 0 Å². The Morgan fingerprint density at radius 1 is 0.468 bits per heavy atom. The van der Waals surface area contributed by atoms with Crippen LogP contribution >= 0.6 is 0 Å². The summed E-state index contributed by atoms with van der Waals surface area (Å²) in [6.45, 7) is 3.79. The summed E-state index contributed by atoms with van der Waals surface area (Å²) in [7, 11) is 0. The lowest BCUT2D eigenvalue weighted by Gasteiger charge is -2.34. The number of aryl methyl sites for hydroxylation is 2. The van der Waals surface area contributed by atoms with Crippen LogP contribution in [0.25, 0.3) is 44.8 Å². The fourth-order valence-electron chi connectivity index (χ4n) is 7.17. The van der Waals surface area contributed by atoms with Crippen LogP contribution in [0, 0.1) is 25.2 Å². The lowest BCUT2D eigenvalue weighted by Crippen LogP contribution is -2.28. The first-order valence-corrected chi connectivity index (χ1v) is 15.8. The van der Waals surface area contributed by atoms with Crippen LogP contribution in [-0.4, -0.2) is 15.0 Å². The third-order valence-electron chi connectivity index (χ3n) is 9.21. The Morgan fingerprint density at radius 3 is 1.51 bits per heavy atom. The van der Waals surface area contributed by atoms with Crippen molar-refractivity contribution in [3.8, 4) is 50.8 Å². The van der Waals surface area contributed by atoms with Gasteiger partial charge in [0.2, 0.25) is 0 Å². The lowest BCUT2D eigenvalue weighted by molar-refractivity contribution is 0.769. The number of fused-ring (bicyclic) bond motifs is 3. The third kappa shape index (κ3) is 4.72. The molecule has 1 aromatic heterocycles. The van der Waals surface area contributed by atoms with Gasteiger partial charge in [-0.1, -0.05) is 121 Å². The van der Waals surface area contributed by atoms with Gasteiger partial charge >= 0.3 is 0 Å². The second kappa shape index (κ2) is 11.3. The van der Waals surface area contributed by atoms with E-state index in [0.717, 1.165) is 27.8 Å². The van der Waals surface area contributed by atoms with E-state index in [0.29, 0.717) is 23.0 Å². The van der Waals surface area contributed by atoms with Gasteiger partial charge in [0.05, 0.1) is 17.0 Å². The minimum atomic E-state index is -0.550. The zero-order valence-corrected chi connectivity index (χ0v) is 26.1. The van der Waals surface area contributed by atoms with Crippen molar-refractivity contribution in [3.63, 3.8) is 0 Å². The SMILES string of the molecule is Cc1nc(C)nc(-c2ccc(-c3ccc4c(c3)C(c3ccccc3)(c3ccccc3)c3cc(-c5cccc(C#N)c5)ccc3-4)cc2)n1. The third-order valence-corrected chi connectivity index (χ3v) is 9.21. The van der Waals surface area contributed by atoms with E-state index in [-0.39, 0.29) is 0 Å². The Labute approximate surface area is 274 Å². The van der Waals surface area contributed by atoms with Crippen LogP contribution in [0.15, 0.2) is 146 Å². The maximum Gasteiger partial charge on any atom is 0.163 e. The smallest absolute Gasteiger partial charge is 0.163 e. The van der Waals surface area contributed by atoms with Gasteiger partial charge in [-0.25, -0.2) is 15.0 Å². The average molecular weight is 603 g/mol. The van der Waals surface area contributed by atoms with Crippen LogP contribution in [0.4, 0.5) is 0 Å². The molecule has 222 valence electrons. The van der Waals surface area contributed by atoms with E-state index in [4.69, 9.17) is 0 Å². The van der Waals surface area contributed by atoms with E-state index in [9.17, 15) is 5.26 Å². The maximum atomic E-state index is 9.62. The molecule has 1 aliphatic carbocycles. The molecule has 0 saturated carbocycles. The monoisotopic (exact) mass is 602 g/mol. The number of nitrogens with zero attached hydrogens (tertiary/aromatic N) is 4. The molecule has 0 N–H and O–H groups in total. The Kier molecular flexibility index (Phi) is 6.82. The van der Waals surface area contributed by atoms with Gasteiger partial charge in [-0.2, -0.15) is 5.26 Å². The molecule has 0 aliphatic heterocycles. The van der Waals surface area contributed by atoms with Crippen molar-refractivity contribution in [3.05, 3.63) is 185 Å². The summed E-state index contributed by atoms with van der Waals surface area (Å²) in [5.41, 5.74) is 12.8. The van der Waals surface area contributed by atoms with Gasteiger partial charge in [0.15, 0.2) is 5.82 Å². The summed E-state index contributed by atoms with van der Waals surface area (Å²) < 4.78 is 0. The van der Waals surface area contributed by atoms with Gasteiger partial charge in [0.25, 0.3) is 0 Å². The van der Waals surface area contributed by atoms with Crippen LogP contribution in [-0.2, 0) is 5.41 Å². The molecule has 0 spiro atoms. The summed E-state index contributed by atoms with van der Waals surface area (Å²) in [4.78, 5) is 13.5. The molecule has 4 nitrogen and oxygen atoms in total. The van der Waals surface area contributed by atoms with Gasteiger partial charge in [0, 0.05) is 5.56 Å². The molecule has 0 radical (unpaired) electrons.